The molecule has 3 aliphatic rings. The van der Waals surface area contributed by atoms with Gasteiger partial charge in [0.1, 0.15) is 36.1 Å². The molecule has 228 valence electrons. The Balaban J connectivity index is 1.29. The van der Waals surface area contributed by atoms with Gasteiger partial charge in [-0.25, -0.2) is 28.5 Å². The quantitative estimate of drug-likeness (QED) is 0.275. The molecule has 1 N–H and O–H groups in total. The summed E-state index contributed by atoms with van der Waals surface area (Å²) in [6.07, 6.45) is -1.18. The van der Waals surface area contributed by atoms with Crippen molar-refractivity contribution in [3.05, 3.63) is 47.3 Å². The van der Waals surface area contributed by atoms with Crippen LogP contribution in [0.4, 0.5) is 4.39 Å². The van der Waals surface area contributed by atoms with Crippen molar-refractivity contribution in [2.24, 2.45) is 13.0 Å². The molecular formula is C22H26FN5O10P2S2. The van der Waals surface area contributed by atoms with Crippen LogP contribution in [-0.2, 0) is 39.0 Å². The van der Waals surface area contributed by atoms with Crippen LogP contribution in [0.15, 0.2) is 35.9 Å². The molecule has 3 aromatic heterocycles. The normalized spacial score (nSPS) is 37.5. The fraction of sp³-hybridized carbons (Fsp3) is 0.545. The van der Waals surface area contributed by atoms with E-state index in [1.807, 2.05) is 0 Å². The van der Waals surface area contributed by atoms with Crippen molar-refractivity contribution in [3.8, 4) is 5.88 Å². The Kier molecular flexibility index (Phi) is 8.32. The second-order valence-electron chi connectivity index (χ2n) is 10.1. The lowest BCUT2D eigenvalue weighted by Crippen LogP contribution is -2.35. The zero-order valence-corrected chi connectivity index (χ0v) is 25.4. The Labute approximate surface area is 248 Å². The van der Waals surface area contributed by atoms with Gasteiger partial charge in [0.15, 0.2) is 17.7 Å². The van der Waals surface area contributed by atoms with E-state index in [1.165, 1.54) is 25.9 Å². The van der Waals surface area contributed by atoms with Crippen molar-refractivity contribution < 1.29 is 46.2 Å². The SMILES string of the molecule is Cn1cnc2c(c(F)cn2[C@@H]2O[C@@H]3CO[P@@](=O)(S)O[C@H]4C[C@H](Oc5ccncn5)C[C@@H]4CO[P@](=O)(S)O[C@@H]2[C@@H]3O)c1=O. The van der Waals surface area contributed by atoms with Gasteiger partial charge < -0.3 is 28.2 Å². The number of aliphatic hydroxyl groups excluding tert-OH is 1. The molecule has 1 aliphatic carbocycles. The molecule has 0 spiro atoms. The average molecular weight is 666 g/mol. The van der Waals surface area contributed by atoms with E-state index in [0.717, 1.165) is 15.3 Å². The van der Waals surface area contributed by atoms with Crippen LogP contribution in [0.5, 0.6) is 5.88 Å². The molecule has 0 unspecified atom stereocenters. The van der Waals surface area contributed by atoms with E-state index in [-0.39, 0.29) is 24.1 Å². The number of hydrogen-bond donors (Lipinski definition) is 3. The molecule has 0 aromatic carbocycles. The van der Waals surface area contributed by atoms with Crippen LogP contribution >= 0.6 is 38.1 Å². The number of nitrogens with zero attached hydrogens (tertiary/aromatic N) is 5. The first kappa shape index (κ1) is 30.2. The molecule has 2 aliphatic heterocycles. The highest BCUT2D eigenvalue weighted by Gasteiger charge is 2.51. The number of halogens is 1. The number of aliphatic hydroxyl groups is 1. The Bertz CT molecular complexity index is 1630. The molecule has 6 rings (SSSR count). The third-order valence-corrected chi connectivity index (χ3v) is 10.5. The van der Waals surface area contributed by atoms with Crippen molar-refractivity contribution in [1.82, 2.24) is 24.1 Å². The number of hydrogen-bond acceptors (Lipinski definition) is 13. The molecule has 9 atom stereocenters. The minimum Gasteiger partial charge on any atom is -0.474 e. The monoisotopic (exact) mass is 665 g/mol. The first-order valence-corrected chi connectivity index (χ1v) is 18.1. The molecule has 20 heteroatoms. The van der Waals surface area contributed by atoms with Gasteiger partial charge in [0.05, 0.1) is 25.6 Å². The number of aromatic nitrogens is 5. The zero-order valence-electron chi connectivity index (χ0n) is 21.8. The number of thiol groups is 2. The number of aryl methyl sites for hydroxylation is 1. The van der Waals surface area contributed by atoms with E-state index in [0.29, 0.717) is 12.3 Å². The van der Waals surface area contributed by atoms with E-state index in [2.05, 4.69) is 39.4 Å². The van der Waals surface area contributed by atoms with Gasteiger partial charge in [-0.15, -0.1) is 0 Å². The van der Waals surface area contributed by atoms with Gasteiger partial charge >= 0.3 is 13.6 Å². The lowest BCUT2D eigenvalue weighted by Gasteiger charge is -2.26. The lowest BCUT2D eigenvalue weighted by atomic mass is 10.1. The molecule has 15 nitrogen and oxygen atoms in total. The van der Waals surface area contributed by atoms with E-state index in [9.17, 15) is 23.4 Å². The molecule has 2 bridgehead atoms. The van der Waals surface area contributed by atoms with Crippen LogP contribution in [0.25, 0.3) is 11.0 Å². The third kappa shape index (κ3) is 6.07. The van der Waals surface area contributed by atoms with Crippen LogP contribution in [0, 0.1) is 11.7 Å². The van der Waals surface area contributed by atoms with Crippen molar-refractivity contribution >= 4 is 49.1 Å². The summed E-state index contributed by atoms with van der Waals surface area (Å²) in [5.41, 5.74) is -0.760. The summed E-state index contributed by atoms with van der Waals surface area (Å²) in [5, 5.41) is 10.8. The summed E-state index contributed by atoms with van der Waals surface area (Å²) in [7, 11) is 1.41. The molecule has 1 saturated carbocycles. The predicted octanol–water partition coefficient (Wildman–Crippen LogP) is 2.67. The second kappa shape index (κ2) is 11.6. The van der Waals surface area contributed by atoms with E-state index in [4.69, 9.17) is 27.6 Å². The second-order valence-corrected chi connectivity index (χ2v) is 15.8. The minimum absolute atomic E-state index is 0.106. The first-order valence-electron chi connectivity index (χ1n) is 12.7. The molecule has 42 heavy (non-hydrogen) atoms. The van der Waals surface area contributed by atoms with E-state index >= 15 is 0 Å². The van der Waals surface area contributed by atoms with Crippen LogP contribution < -0.4 is 10.3 Å². The summed E-state index contributed by atoms with van der Waals surface area (Å²) >= 11 is 8.22. The maximum atomic E-state index is 14.9. The molecule has 3 fully saturated rings. The standard InChI is InChI=1S/C22H26FN5O10P2S2/c1-27-10-26-20-17(21(27)30)13(23)6-28(20)22-19-18(29)15(36-22)8-34-39(31,41)37-14-5-12(35-16-2-3-24-9-25-16)4-11(14)7-33-40(32,42)38-19/h2-3,6,9-12,14-15,18-19,22,29H,4-5,7-8H2,1H3,(H,31,41)(H,32,42)/t11-,12-,14+,15-,18-,19-,22-,39-,40+/m1/s1. The van der Waals surface area contributed by atoms with Crippen molar-refractivity contribution in [1.29, 1.82) is 0 Å². The van der Waals surface area contributed by atoms with Crippen molar-refractivity contribution in [2.45, 2.75) is 49.6 Å². The molecule has 0 amide bonds. The maximum Gasteiger partial charge on any atom is 0.386 e. The van der Waals surface area contributed by atoms with Crippen LogP contribution in [-0.4, -0.2) is 72.9 Å². The van der Waals surface area contributed by atoms with Crippen LogP contribution in [0.1, 0.15) is 19.1 Å². The molecule has 3 aromatic rings. The fourth-order valence-corrected chi connectivity index (χ4v) is 8.33. The van der Waals surface area contributed by atoms with Gasteiger partial charge in [-0.2, -0.15) is 0 Å². The predicted molar refractivity (Wildman–Crippen MR) is 149 cm³/mol. The van der Waals surface area contributed by atoms with Gasteiger partial charge in [-0.1, -0.05) is 24.5 Å². The summed E-state index contributed by atoms with van der Waals surface area (Å²) in [5.74, 6) is -1.06. The summed E-state index contributed by atoms with van der Waals surface area (Å²) in [6.45, 7) is -8.98. The van der Waals surface area contributed by atoms with Gasteiger partial charge in [0, 0.05) is 37.8 Å². The highest BCUT2D eigenvalue weighted by Crippen LogP contribution is 2.60. The van der Waals surface area contributed by atoms with Gasteiger partial charge in [0.25, 0.3) is 5.56 Å². The van der Waals surface area contributed by atoms with Gasteiger partial charge in [-0.05, 0) is 6.42 Å². The summed E-state index contributed by atoms with van der Waals surface area (Å²) < 4.78 is 78.2. The topological polar surface area (TPSA) is 175 Å². The minimum atomic E-state index is -4.22. The van der Waals surface area contributed by atoms with E-state index < -0.39 is 74.2 Å². The number of fused-ring (bicyclic) bond motifs is 4. The highest BCUT2D eigenvalue weighted by molar-refractivity contribution is 8.44. The Hall–Kier alpha value is -1.85. The Morgan fingerprint density at radius 2 is 1.88 bits per heavy atom. The largest absolute Gasteiger partial charge is 0.474 e. The first-order chi connectivity index (χ1) is 19.9. The van der Waals surface area contributed by atoms with Gasteiger partial charge in [-0.3, -0.25) is 18.4 Å². The lowest BCUT2D eigenvalue weighted by molar-refractivity contribution is -0.0487. The average Bonchev–Trinajstić information content (AvgIpc) is 3.57. The maximum absolute atomic E-state index is 14.9. The Morgan fingerprint density at radius 1 is 1.12 bits per heavy atom. The Morgan fingerprint density at radius 3 is 2.64 bits per heavy atom. The highest BCUT2D eigenvalue weighted by atomic mass is 32.7. The van der Waals surface area contributed by atoms with Crippen molar-refractivity contribution in [2.75, 3.05) is 13.2 Å². The van der Waals surface area contributed by atoms with E-state index in [1.54, 1.807) is 6.07 Å². The van der Waals surface area contributed by atoms with Crippen LogP contribution in [0.2, 0.25) is 0 Å². The molecule has 0 radical (unpaired) electrons. The molecule has 5 heterocycles. The summed E-state index contributed by atoms with van der Waals surface area (Å²) in [4.78, 5) is 24.6. The fourth-order valence-electron chi connectivity index (χ4n) is 5.27. The molecular weight excluding hydrogens is 639 g/mol. The van der Waals surface area contributed by atoms with Crippen molar-refractivity contribution in [3.63, 3.8) is 0 Å². The third-order valence-electron chi connectivity index (χ3n) is 7.24. The number of rotatable bonds is 3. The molecule has 2 saturated heterocycles. The van der Waals surface area contributed by atoms with Crippen LogP contribution in [0.3, 0.4) is 0 Å². The summed E-state index contributed by atoms with van der Waals surface area (Å²) in [6, 6.07) is 1.58. The zero-order chi connectivity index (χ0) is 29.8. The van der Waals surface area contributed by atoms with Gasteiger partial charge in [0.2, 0.25) is 5.88 Å². The number of ether oxygens (including phenoxy) is 2. The smallest absolute Gasteiger partial charge is 0.386 e.